The van der Waals surface area contributed by atoms with Gasteiger partial charge in [-0.05, 0) is 24.3 Å². The molecule has 2 aromatic carbocycles. The van der Waals surface area contributed by atoms with Gasteiger partial charge in [0.15, 0.2) is 0 Å². The predicted octanol–water partition coefficient (Wildman–Crippen LogP) is 3.32. The summed E-state index contributed by atoms with van der Waals surface area (Å²) in [6.07, 6.45) is -0.806. The molecule has 0 saturated heterocycles. The van der Waals surface area contributed by atoms with Crippen molar-refractivity contribution in [2.75, 3.05) is 6.61 Å². The van der Waals surface area contributed by atoms with Crippen molar-refractivity contribution in [3.05, 3.63) is 64.7 Å². The normalized spacial score (nSPS) is 11.6. The fraction of sp³-hybridized carbons (Fsp3) is 0.133. The molecule has 1 N–H and O–H groups in total. The van der Waals surface area contributed by atoms with Crippen molar-refractivity contribution in [1.29, 1.82) is 5.26 Å². The first-order chi connectivity index (χ1) is 9.20. The minimum absolute atomic E-state index is 0.0820. The highest BCUT2D eigenvalue weighted by atomic mass is 35.5. The van der Waals surface area contributed by atoms with Crippen LogP contribution in [0.5, 0.6) is 5.75 Å². The van der Waals surface area contributed by atoms with Gasteiger partial charge < -0.3 is 9.84 Å². The third kappa shape index (κ3) is 3.47. The van der Waals surface area contributed by atoms with Crippen molar-refractivity contribution < 1.29 is 9.84 Å². The lowest BCUT2D eigenvalue weighted by Gasteiger charge is -2.14. The average Bonchev–Trinajstić information content (AvgIpc) is 2.45. The highest BCUT2D eigenvalue weighted by Crippen LogP contribution is 2.23. The van der Waals surface area contributed by atoms with Crippen molar-refractivity contribution in [2.24, 2.45) is 0 Å². The van der Waals surface area contributed by atoms with Gasteiger partial charge in [0.25, 0.3) is 0 Å². The first kappa shape index (κ1) is 13.4. The molecule has 0 amide bonds. The minimum atomic E-state index is -0.806. The molecule has 0 spiro atoms. The van der Waals surface area contributed by atoms with E-state index in [1.165, 1.54) is 0 Å². The maximum absolute atomic E-state index is 10.0. The summed E-state index contributed by atoms with van der Waals surface area (Å²) in [6.45, 7) is 0.0820. The summed E-state index contributed by atoms with van der Waals surface area (Å²) in [5.74, 6) is 0.546. The minimum Gasteiger partial charge on any atom is -0.490 e. The third-order valence-electron chi connectivity index (χ3n) is 2.64. The number of ether oxygens (including phenoxy) is 1. The van der Waals surface area contributed by atoms with Gasteiger partial charge >= 0.3 is 0 Å². The molecular weight excluding hydrogens is 262 g/mol. The lowest BCUT2D eigenvalue weighted by atomic mass is 10.1. The Kier molecular flexibility index (Phi) is 4.40. The van der Waals surface area contributed by atoms with Gasteiger partial charge in [0.1, 0.15) is 18.5 Å². The van der Waals surface area contributed by atoms with Crippen molar-refractivity contribution in [2.45, 2.75) is 6.10 Å². The molecular formula is C15H12ClNO2. The van der Waals surface area contributed by atoms with Gasteiger partial charge in [-0.3, -0.25) is 0 Å². The van der Waals surface area contributed by atoms with E-state index in [4.69, 9.17) is 21.6 Å². The fourth-order valence-corrected chi connectivity index (χ4v) is 1.93. The summed E-state index contributed by atoms with van der Waals surface area (Å²) < 4.78 is 5.46. The zero-order valence-electron chi connectivity index (χ0n) is 10.1. The molecule has 0 bridgehead atoms. The van der Waals surface area contributed by atoms with Gasteiger partial charge in [-0.15, -0.1) is 0 Å². The SMILES string of the molecule is N#Cc1cccc(OCC(O)c2ccccc2Cl)c1. The average molecular weight is 274 g/mol. The van der Waals surface area contributed by atoms with Crippen LogP contribution in [-0.4, -0.2) is 11.7 Å². The van der Waals surface area contributed by atoms with E-state index in [2.05, 4.69) is 0 Å². The quantitative estimate of drug-likeness (QED) is 0.930. The Hall–Kier alpha value is -2.02. The number of rotatable bonds is 4. The summed E-state index contributed by atoms with van der Waals surface area (Å²) in [6, 6.07) is 15.9. The number of nitriles is 1. The van der Waals surface area contributed by atoms with Crippen LogP contribution in [-0.2, 0) is 0 Å². The van der Waals surface area contributed by atoms with Crippen LogP contribution in [0.1, 0.15) is 17.2 Å². The first-order valence-electron chi connectivity index (χ1n) is 5.76. The topological polar surface area (TPSA) is 53.2 Å². The van der Waals surface area contributed by atoms with Crippen LogP contribution in [0, 0.1) is 11.3 Å². The zero-order valence-corrected chi connectivity index (χ0v) is 10.8. The van der Waals surface area contributed by atoms with Gasteiger partial charge in [0.05, 0.1) is 11.6 Å². The summed E-state index contributed by atoms with van der Waals surface area (Å²) >= 11 is 5.99. The van der Waals surface area contributed by atoms with Crippen LogP contribution >= 0.6 is 11.6 Å². The molecule has 0 fully saturated rings. The second kappa shape index (κ2) is 6.24. The van der Waals surface area contributed by atoms with E-state index in [9.17, 15) is 5.11 Å². The number of aliphatic hydroxyl groups excluding tert-OH is 1. The summed E-state index contributed by atoms with van der Waals surface area (Å²) in [4.78, 5) is 0. The molecule has 0 aliphatic rings. The lowest BCUT2D eigenvalue weighted by molar-refractivity contribution is 0.108. The van der Waals surface area contributed by atoms with E-state index in [-0.39, 0.29) is 6.61 Å². The van der Waals surface area contributed by atoms with Gasteiger partial charge in [-0.2, -0.15) is 5.26 Å². The number of aliphatic hydroxyl groups is 1. The molecule has 19 heavy (non-hydrogen) atoms. The van der Waals surface area contributed by atoms with Crippen molar-refractivity contribution >= 4 is 11.6 Å². The molecule has 0 radical (unpaired) electrons. The molecule has 2 aromatic rings. The van der Waals surface area contributed by atoms with Gasteiger partial charge in [-0.1, -0.05) is 35.9 Å². The van der Waals surface area contributed by atoms with E-state index in [1.807, 2.05) is 6.07 Å². The van der Waals surface area contributed by atoms with Crippen LogP contribution in [0.3, 0.4) is 0 Å². The highest BCUT2D eigenvalue weighted by Gasteiger charge is 2.11. The zero-order chi connectivity index (χ0) is 13.7. The number of hydrogen-bond acceptors (Lipinski definition) is 3. The second-order valence-corrected chi connectivity index (χ2v) is 4.40. The molecule has 1 atom stereocenters. The largest absolute Gasteiger partial charge is 0.490 e. The summed E-state index contributed by atoms with van der Waals surface area (Å²) in [5, 5.41) is 19.3. The smallest absolute Gasteiger partial charge is 0.120 e. The van der Waals surface area contributed by atoms with Crippen LogP contribution < -0.4 is 4.74 Å². The van der Waals surface area contributed by atoms with Gasteiger partial charge in [-0.25, -0.2) is 0 Å². The molecule has 4 heteroatoms. The number of halogens is 1. The van der Waals surface area contributed by atoms with E-state index in [0.29, 0.717) is 21.9 Å². The van der Waals surface area contributed by atoms with Gasteiger partial charge in [0.2, 0.25) is 0 Å². The maximum atomic E-state index is 10.0. The Bertz CT molecular complexity index is 607. The monoisotopic (exact) mass is 273 g/mol. The third-order valence-corrected chi connectivity index (χ3v) is 2.98. The van der Waals surface area contributed by atoms with Crippen LogP contribution in [0.25, 0.3) is 0 Å². The molecule has 3 nitrogen and oxygen atoms in total. The summed E-state index contributed by atoms with van der Waals surface area (Å²) in [5.41, 5.74) is 1.14. The standard InChI is InChI=1S/C15H12ClNO2/c16-14-7-2-1-6-13(14)15(18)10-19-12-5-3-4-11(8-12)9-17/h1-8,15,18H,10H2. The Morgan fingerprint density at radius 1 is 1.21 bits per heavy atom. The molecule has 96 valence electrons. The van der Waals surface area contributed by atoms with Crippen molar-refractivity contribution in [1.82, 2.24) is 0 Å². The van der Waals surface area contributed by atoms with Crippen LogP contribution in [0.4, 0.5) is 0 Å². The van der Waals surface area contributed by atoms with E-state index >= 15 is 0 Å². The molecule has 0 aliphatic carbocycles. The fourth-order valence-electron chi connectivity index (χ4n) is 1.67. The molecule has 2 rings (SSSR count). The Labute approximate surface area is 116 Å². The van der Waals surface area contributed by atoms with E-state index in [1.54, 1.807) is 48.5 Å². The molecule has 0 aromatic heterocycles. The lowest BCUT2D eigenvalue weighted by Crippen LogP contribution is -2.10. The number of nitrogens with zero attached hydrogens (tertiary/aromatic N) is 1. The van der Waals surface area contributed by atoms with Crippen LogP contribution in [0.2, 0.25) is 5.02 Å². The van der Waals surface area contributed by atoms with Crippen LogP contribution in [0.15, 0.2) is 48.5 Å². The Morgan fingerprint density at radius 3 is 2.74 bits per heavy atom. The maximum Gasteiger partial charge on any atom is 0.120 e. The summed E-state index contributed by atoms with van der Waals surface area (Å²) in [7, 11) is 0. The van der Waals surface area contributed by atoms with Crippen molar-refractivity contribution in [3.8, 4) is 11.8 Å². The van der Waals surface area contributed by atoms with E-state index < -0.39 is 6.10 Å². The molecule has 0 heterocycles. The molecule has 1 unspecified atom stereocenters. The second-order valence-electron chi connectivity index (χ2n) is 3.99. The predicted molar refractivity (Wildman–Crippen MR) is 73.1 cm³/mol. The van der Waals surface area contributed by atoms with Crippen molar-refractivity contribution in [3.63, 3.8) is 0 Å². The van der Waals surface area contributed by atoms with E-state index in [0.717, 1.165) is 0 Å². The van der Waals surface area contributed by atoms with Gasteiger partial charge in [0, 0.05) is 10.6 Å². The molecule has 0 saturated carbocycles. The number of benzene rings is 2. The molecule has 0 aliphatic heterocycles. The number of hydrogen-bond donors (Lipinski definition) is 1. The first-order valence-corrected chi connectivity index (χ1v) is 6.14. The Morgan fingerprint density at radius 2 is 2.00 bits per heavy atom. The highest BCUT2D eigenvalue weighted by molar-refractivity contribution is 6.31. The Balaban J connectivity index is 2.03.